The molecule has 6 heteroatoms. The highest BCUT2D eigenvalue weighted by Gasteiger charge is 2.29. The van der Waals surface area contributed by atoms with Gasteiger partial charge in [0.05, 0.1) is 7.11 Å². The molecule has 1 aromatic heterocycles. The smallest absolute Gasteiger partial charge is 0.263 e. The number of hydrogen-bond acceptors (Lipinski definition) is 5. The predicted octanol–water partition coefficient (Wildman–Crippen LogP) is 2.61. The number of nitrogens with two attached hydrogens (primary N) is 1. The Morgan fingerprint density at radius 1 is 1.29 bits per heavy atom. The molecule has 116 valence electrons. The summed E-state index contributed by atoms with van der Waals surface area (Å²) in [5.74, 6) is 0.613. The van der Waals surface area contributed by atoms with Crippen LogP contribution in [0.1, 0.15) is 48.2 Å². The number of carbonyl (C=O) groups excluding carboxylic acids is 1. The largest absolute Gasteiger partial charge is 0.492 e. The van der Waals surface area contributed by atoms with E-state index in [9.17, 15) is 4.79 Å². The van der Waals surface area contributed by atoms with E-state index in [1.165, 1.54) is 37.0 Å². The van der Waals surface area contributed by atoms with Gasteiger partial charge in [-0.3, -0.25) is 4.79 Å². The van der Waals surface area contributed by atoms with Crippen LogP contribution in [0.2, 0.25) is 0 Å². The topological polar surface area (TPSA) is 67.6 Å². The summed E-state index contributed by atoms with van der Waals surface area (Å²) >= 11 is 1.47. The summed E-state index contributed by atoms with van der Waals surface area (Å²) in [5, 5.41) is 4.02. The second kappa shape index (κ2) is 6.13. The zero-order valence-corrected chi connectivity index (χ0v) is 13.3. The van der Waals surface area contributed by atoms with Gasteiger partial charge in [-0.15, -0.1) is 11.3 Å². The number of ether oxygens (including phenoxy) is 1. The molecule has 0 aromatic carbocycles. The fraction of sp³-hybridized carbons (Fsp3) is 0.667. The quantitative estimate of drug-likeness (QED) is 0.897. The van der Waals surface area contributed by atoms with Crippen LogP contribution in [0.15, 0.2) is 0 Å². The van der Waals surface area contributed by atoms with Crippen LogP contribution >= 0.6 is 11.3 Å². The number of nitrogens with zero attached hydrogens (tertiary/aromatic N) is 1. The van der Waals surface area contributed by atoms with E-state index < -0.39 is 0 Å². The van der Waals surface area contributed by atoms with Crippen molar-refractivity contribution in [2.75, 3.05) is 30.8 Å². The minimum absolute atomic E-state index is 0.0561. The van der Waals surface area contributed by atoms with Crippen LogP contribution in [0.3, 0.4) is 0 Å². The number of rotatable bonds is 4. The van der Waals surface area contributed by atoms with Crippen LogP contribution < -0.4 is 20.7 Å². The van der Waals surface area contributed by atoms with Crippen LogP contribution in [0.5, 0.6) is 5.75 Å². The van der Waals surface area contributed by atoms with Crippen molar-refractivity contribution in [2.24, 2.45) is 0 Å². The minimum Gasteiger partial charge on any atom is -0.492 e. The fourth-order valence-corrected chi connectivity index (χ4v) is 3.89. The van der Waals surface area contributed by atoms with Crippen LogP contribution in [-0.4, -0.2) is 32.1 Å². The highest BCUT2D eigenvalue weighted by atomic mass is 32.1. The third kappa shape index (κ3) is 3.10. The molecule has 1 aliphatic carbocycles. The number of nitrogen functional groups attached to an aromatic ring is 1. The molecule has 0 bridgehead atoms. The molecule has 3 N–H and O–H groups in total. The van der Waals surface area contributed by atoms with Crippen molar-refractivity contribution in [1.82, 2.24) is 5.32 Å². The number of amides is 1. The minimum atomic E-state index is -0.0561. The molecule has 1 aliphatic heterocycles. The standard InChI is InChI=1S/C15H23N3O2S/c1-20-12-11(16)13(14(19)17-10-6-7-10)21-15(12)18-8-4-2-3-5-9-18/h10H,2-9,16H2,1H3,(H,17,19). The van der Waals surface area contributed by atoms with Gasteiger partial charge >= 0.3 is 0 Å². The Morgan fingerprint density at radius 2 is 1.95 bits per heavy atom. The number of anilines is 2. The van der Waals surface area contributed by atoms with Gasteiger partial charge in [0.1, 0.15) is 15.6 Å². The van der Waals surface area contributed by atoms with Gasteiger partial charge in [-0.05, 0) is 25.7 Å². The maximum atomic E-state index is 12.3. The summed E-state index contributed by atoms with van der Waals surface area (Å²) in [6, 6.07) is 0.339. The van der Waals surface area contributed by atoms with Gasteiger partial charge in [0, 0.05) is 19.1 Å². The summed E-state index contributed by atoms with van der Waals surface area (Å²) in [5.41, 5.74) is 6.64. The van der Waals surface area contributed by atoms with E-state index in [4.69, 9.17) is 10.5 Å². The van der Waals surface area contributed by atoms with E-state index in [0.717, 1.165) is 30.9 Å². The Balaban J connectivity index is 1.86. The van der Waals surface area contributed by atoms with Gasteiger partial charge in [-0.1, -0.05) is 12.8 Å². The number of nitrogens with one attached hydrogen (secondary N) is 1. The molecule has 2 heterocycles. The van der Waals surface area contributed by atoms with Crippen molar-refractivity contribution in [3.8, 4) is 5.75 Å². The zero-order valence-electron chi connectivity index (χ0n) is 12.5. The molecule has 1 saturated heterocycles. The fourth-order valence-electron chi connectivity index (χ4n) is 2.74. The zero-order chi connectivity index (χ0) is 14.8. The first-order chi connectivity index (χ1) is 10.2. The second-order valence-corrected chi connectivity index (χ2v) is 6.83. The average Bonchev–Trinajstić information content (AvgIpc) is 3.25. The van der Waals surface area contributed by atoms with Gasteiger partial charge < -0.3 is 20.7 Å². The van der Waals surface area contributed by atoms with Crippen LogP contribution in [0, 0.1) is 0 Å². The second-order valence-electron chi connectivity index (χ2n) is 5.83. The van der Waals surface area contributed by atoms with Gasteiger partial charge in [0.25, 0.3) is 5.91 Å². The van der Waals surface area contributed by atoms with E-state index in [1.54, 1.807) is 7.11 Å². The molecule has 1 amide bonds. The Hall–Kier alpha value is -1.43. The van der Waals surface area contributed by atoms with Gasteiger partial charge in [-0.2, -0.15) is 0 Å². The molecule has 0 radical (unpaired) electrons. The lowest BCUT2D eigenvalue weighted by Gasteiger charge is -2.21. The number of carbonyl (C=O) groups is 1. The molecular weight excluding hydrogens is 286 g/mol. The van der Waals surface area contributed by atoms with Crippen molar-refractivity contribution in [3.05, 3.63) is 4.88 Å². The highest BCUT2D eigenvalue weighted by Crippen LogP contribution is 2.45. The summed E-state index contributed by atoms with van der Waals surface area (Å²) in [6.07, 6.45) is 7.07. The Morgan fingerprint density at radius 3 is 2.52 bits per heavy atom. The maximum Gasteiger partial charge on any atom is 0.263 e. The van der Waals surface area contributed by atoms with Crippen molar-refractivity contribution in [2.45, 2.75) is 44.6 Å². The molecule has 5 nitrogen and oxygen atoms in total. The molecule has 21 heavy (non-hydrogen) atoms. The summed E-state index contributed by atoms with van der Waals surface area (Å²) in [7, 11) is 1.63. The number of methoxy groups -OCH3 is 1. The molecule has 0 spiro atoms. The van der Waals surface area contributed by atoms with Crippen molar-refractivity contribution < 1.29 is 9.53 Å². The van der Waals surface area contributed by atoms with E-state index in [0.29, 0.717) is 22.4 Å². The van der Waals surface area contributed by atoms with E-state index in [1.807, 2.05) is 0 Å². The Kier molecular flexibility index (Phi) is 4.24. The molecule has 1 aromatic rings. The Bertz CT molecular complexity index is 517. The van der Waals surface area contributed by atoms with Crippen molar-refractivity contribution >= 4 is 27.9 Å². The van der Waals surface area contributed by atoms with Gasteiger partial charge in [-0.25, -0.2) is 0 Å². The molecule has 3 rings (SSSR count). The molecule has 0 unspecified atom stereocenters. The van der Waals surface area contributed by atoms with E-state index >= 15 is 0 Å². The summed E-state index contributed by atoms with van der Waals surface area (Å²) in [4.78, 5) is 15.2. The Labute approximate surface area is 129 Å². The van der Waals surface area contributed by atoms with Gasteiger partial charge in [0.2, 0.25) is 0 Å². The van der Waals surface area contributed by atoms with Crippen LogP contribution in [-0.2, 0) is 0 Å². The first-order valence-corrected chi connectivity index (χ1v) is 8.54. The molecule has 2 aliphatic rings. The first kappa shape index (κ1) is 14.5. The monoisotopic (exact) mass is 309 g/mol. The first-order valence-electron chi connectivity index (χ1n) is 7.72. The summed E-state index contributed by atoms with van der Waals surface area (Å²) in [6.45, 7) is 2.03. The third-order valence-electron chi connectivity index (χ3n) is 4.10. The lowest BCUT2D eigenvalue weighted by Crippen LogP contribution is -2.25. The molecule has 0 atom stereocenters. The summed E-state index contributed by atoms with van der Waals surface area (Å²) < 4.78 is 5.49. The van der Waals surface area contributed by atoms with E-state index in [2.05, 4.69) is 10.2 Å². The molecular formula is C15H23N3O2S. The molecule has 2 fully saturated rings. The predicted molar refractivity (Wildman–Crippen MR) is 86.5 cm³/mol. The lowest BCUT2D eigenvalue weighted by atomic mass is 10.2. The number of thiophene rings is 1. The number of hydrogen-bond donors (Lipinski definition) is 2. The molecule has 1 saturated carbocycles. The van der Waals surface area contributed by atoms with Gasteiger partial charge in [0.15, 0.2) is 5.75 Å². The van der Waals surface area contributed by atoms with Crippen molar-refractivity contribution in [1.29, 1.82) is 0 Å². The SMILES string of the molecule is COc1c(N2CCCCCC2)sc(C(=O)NC2CC2)c1N. The highest BCUT2D eigenvalue weighted by molar-refractivity contribution is 7.19. The van der Waals surface area contributed by atoms with Crippen LogP contribution in [0.25, 0.3) is 0 Å². The third-order valence-corrected chi connectivity index (χ3v) is 5.34. The average molecular weight is 309 g/mol. The normalized spacial score (nSPS) is 19.2. The van der Waals surface area contributed by atoms with E-state index in [-0.39, 0.29) is 5.91 Å². The lowest BCUT2D eigenvalue weighted by molar-refractivity contribution is 0.0956. The van der Waals surface area contributed by atoms with Crippen molar-refractivity contribution in [3.63, 3.8) is 0 Å². The maximum absolute atomic E-state index is 12.3. The van der Waals surface area contributed by atoms with Crippen LogP contribution in [0.4, 0.5) is 10.7 Å².